The summed E-state index contributed by atoms with van der Waals surface area (Å²) in [6.45, 7) is 6.48. The first-order valence-electron chi connectivity index (χ1n) is 7.57. The summed E-state index contributed by atoms with van der Waals surface area (Å²) in [7, 11) is 1.71. The largest absolute Gasteiger partial charge is 0.337 e. The van der Waals surface area contributed by atoms with Crippen LogP contribution < -0.4 is 0 Å². The van der Waals surface area contributed by atoms with Crippen LogP contribution in [0.2, 0.25) is 0 Å². The van der Waals surface area contributed by atoms with Crippen LogP contribution in [0.25, 0.3) is 0 Å². The van der Waals surface area contributed by atoms with Gasteiger partial charge in [-0.25, -0.2) is 4.98 Å². The van der Waals surface area contributed by atoms with Crippen molar-refractivity contribution in [2.24, 2.45) is 5.92 Å². The molecule has 0 saturated heterocycles. The molecule has 2 aromatic rings. The number of aromatic nitrogens is 5. The van der Waals surface area contributed by atoms with Crippen molar-refractivity contribution in [1.82, 2.24) is 30.2 Å². The molecule has 9 heteroatoms. The predicted octanol–water partition coefficient (Wildman–Crippen LogP) is 1.70. The number of H-pyrrole nitrogens is 1. The number of carbonyl (C=O) groups excluding carboxylic acids is 1. The first kappa shape index (κ1) is 17.5. The maximum Gasteiger partial charge on any atom is 0.246 e. The van der Waals surface area contributed by atoms with Crippen LogP contribution in [-0.2, 0) is 24.2 Å². The summed E-state index contributed by atoms with van der Waals surface area (Å²) < 4.78 is 5.18. The molecule has 8 nitrogen and oxygen atoms in total. The third-order valence-corrected chi connectivity index (χ3v) is 3.90. The molecule has 2 heterocycles. The highest BCUT2D eigenvalue weighted by atomic mass is 32.2. The fourth-order valence-corrected chi connectivity index (χ4v) is 2.59. The zero-order valence-corrected chi connectivity index (χ0v) is 14.7. The molecule has 1 N–H and O–H groups in total. The number of hydrogen-bond donors (Lipinski definition) is 1. The molecule has 2 rings (SSSR count). The normalized spacial score (nSPS) is 11.2. The van der Waals surface area contributed by atoms with Gasteiger partial charge in [0.2, 0.25) is 17.0 Å². The molecule has 23 heavy (non-hydrogen) atoms. The van der Waals surface area contributed by atoms with Crippen LogP contribution in [0.1, 0.15) is 38.3 Å². The van der Waals surface area contributed by atoms with E-state index >= 15 is 0 Å². The van der Waals surface area contributed by atoms with E-state index in [0.717, 1.165) is 18.7 Å². The number of thioether (sulfide) groups is 1. The highest BCUT2D eigenvalue weighted by molar-refractivity contribution is 7.99. The van der Waals surface area contributed by atoms with Crippen molar-refractivity contribution in [2.75, 3.05) is 12.8 Å². The molecule has 0 atom stereocenters. The lowest BCUT2D eigenvalue weighted by Gasteiger charge is -2.13. The number of rotatable bonds is 8. The second kappa shape index (κ2) is 8.09. The topological polar surface area (TPSA) is 101 Å². The van der Waals surface area contributed by atoms with Crippen LogP contribution in [0.5, 0.6) is 0 Å². The zero-order valence-electron chi connectivity index (χ0n) is 13.9. The van der Waals surface area contributed by atoms with Gasteiger partial charge in [0, 0.05) is 19.9 Å². The van der Waals surface area contributed by atoms with Gasteiger partial charge in [-0.2, -0.15) is 4.98 Å². The van der Waals surface area contributed by atoms with Gasteiger partial charge in [-0.15, -0.1) is 5.10 Å². The quantitative estimate of drug-likeness (QED) is 0.731. The number of aryl methyl sites for hydroxylation is 1. The van der Waals surface area contributed by atoms with Crippen LogP contribution in [0.15, 0.2) is 9.68 Å². The highest BCUT2D eigenvalue weighted by Crippen LogP contribution is 2.14. The number of carbonyl (C=O) groups is 1. The van der Waals surface area contributed by atoms with E-state index in [1.54, 1.807) is 11.9 Å². The Morgan fingerprint density at radius 2 is 2.17 bits per heavy atom. The fourth-order valence-electron chi connectivity index (χ4n) is 1.83. The van der Waals surface area contributed by atoms with E-state index in [1.165, 1.54) is 11.8 Å². The van der Waals surface area contributed by atoms with Gasteiger partial charge in [-0.3, -0.25) is 9.89 Å². The maximum absolute atomic E-state index is 12.1. The van der Waals surface area contributed by atoms with Crippen molar-refractivity contribution in [3.05, 3.63) is 17.5 Å². The van der Waals surface area contributed by atoms with Crippen molar-refractivity contribution in [3.63, 3.8) is 0 Å². The Balaban J connectivity index is 1.81. The summed E-state index contributed by atoms with van der Waals surface area (Å²) in [5.41, 5.74) is 0. The Labute approximate surface area is 139 Å². The lowest BCUT2D eigenvalue weighted by Crippen LogP contribution is -2.28. The first-order valence-corrected chi connectivity index (χ1v) is 8.56. The third-order valence-electron chi connectivity index (χ3n) is 3.07. The van der Waals surface area contributed by atoms with Gasteiger partial charge in [-0.1, -0.05) is 37.7 Å². The number of amides is 1. The van der Waals surface area contributed by atoms with E-state index in [2.05, 4.69) is 39.2 Å². The van der Waals surface area contributed by atoms with Crippen molar-refractivity contribution >= 4 is 17.7 Å². The molecule has 0 unspecified atom stereocenters. The Hall–Kier alpha value is -1.90. The molecule has 0 radical (unpaired) electrons. The lowest BCUT2D eigenvalue weighted by atomic mass is 10.1. The smallest absolute Gasteiger partial charge is 0.246 e. The SMILES string of the molecule is CCc1nc(SCC(=O)N(C)Cc2nc(CC(C)C)no2)n[nH]1. The summed E-state index contributed by atoms with van der Waals surface area (Å²) in [4.78, 5) is 22.3. The fraction of sp³-hybridized carbons (Fsp3) is 0.643. The van der Waals surface area contributed by atoms with Crippen LogP contribution in [0.3, 0.4) is 0 Å². The number of nitrogens with one attached hydrogen (secondary N) is 1. The molecular weight excluding hydrogens is 316 g/mol. The predicted molar refractivity (Wildman–Crippen MR) is 85.8 cm³/mol. The summed E-state index contributed by atoms with van der Waals surface area (Å²) in [5, 5.41) is 11.4. The average molecular weight is 338 g/mol. The minimum atomic E-state index is -0.0403. The van der Waals surface area contributed by atoms with E-state index in [4.69, 9.17) is 4.52 Å². The molecule has 2 aromatic heterocycles. The molecular formula is C14H22N6O2S. The van der Waals surface area contributed by atoms with Crippen molar-refractivity contribution in [1.29, 1.82) is 0 Å². The molecule has 126 valence electrons. The van der Waals surface area contributed by atoms with Gasteiger partial charge in [0.1, 0.15) is 5.82 Å². The molecule has 0 aromatic carbocycles. The van der Waals surface area contributed by atoms with Gasteiger partial charge < -0.3 is 9.42 Å². The number of nitrogens with zero attached hydrogens (tertiary/aromatic N) is 5. The molecule has 0 spiro atoms. The second-order valence-electron chi connectivity index (χ2n) is 5.66. The molecule has 0 fully saturated rings. The third kappa shape index (κ3) is 5.34. The Bertz CT molecular complexity index is 639. The molecule has 0 aliphatic carbocycles. The minimum Gasteiger partial charge on any atom is -0.337 e. The Morgan fingerprint density at radius 3 is 2.83 bits per heavy atom. The van der Waals surface area contributed by atoms with Gasteiger partial charge in [0.15, 0.2) is 5.82 Å². The molecule has 0 bridgehead atoms. The van der Waals surface area contributed by atoms with Crippen LogP contribution in [-0.4, -0.2) is 48.9 Å². The van der Waals surface area contributed by atoms with Gasteiger partial charge in [0.05, 0.1) is 12.3 Å². The number of aromatic amines is 1. The molecule has 1 amide bonds. The lowest BCUT2D eigenvalue weighted by molar-refractivity contribution is -0.127. The summed E-state index contributed by atoms with van der Waals surface area (Å²) in [6, 6.07) is 0. The first-order chi connectivity index (χ1) is 11.0. The van der Waals surface area contributed by atoms with E-state index in [0.29, 0.717) is 29.3 Å². The maximum atomic E-state index is 12.1. The van der Waals surface area contributed by atoms with Gasteiger partial charge in [-0.05, 0) is 5.92 Å². The zero-order chi connectivity index (χ0) is 16.8. The number of hydrogen-bond acceptors (Lipinski definition) is 7. The summed E-state index contributed by atoms with van der Waals surface area (Å²) in [6.07, 6.45) is 1.55. The van der Waals surface area contributed by atoms with E-state index in [9.17, 15) is 4.79 Å². The van der Waals surface area contributed by atoms with Gasteiger partial charge >= 0.3 is 0 Å². The van der Waals surface area contributed by atoms with Gasteiger partial charge in [0.25, 0.3) is 0 Å². The monoisotopic (exact) mass is 338 g/mol. The minimum absolute atomic E-state index is 0.0403. The molecule has 0 saturated carbocycles. The average Bonchev–Trinajstić information content (AvgIpc) is 3.13. The van der Waals surface area contributed by atoms with E-state index in [1.807, 2.05) is 6.92 Å². The van der Waals surface area contributed by atoms with E-state index < -0.39 is 0 Å². The Kier molecular flexibility index (Phi) is 6.14. The van der Waals surface area contributed by atoms with Crippen molar-refractivity contribution in [2.45, 2.75) is 45.3 Å². The second-order valence-corrected chi connectivity index (χ2v) is 6.60. The summed E-state index contributed by atoms with van der Waals surface area (Å²) >= 11 is 1.31. The standard InChI is InChI=1S/C14H22N6O2S/c1-5-10-16-14(18-17-10)23-8-13(21)20(4)7-12-15-11(19-22-12)6-9(2)3/h9H,5-8H2,1-4H3,(H,16,17,18). The van der Waals surface area contributed by atoms with Crippen LogP contribution in [0, 0.1) is 5.92 Å². The van der Waals surface area contributed by atoms with Crippen molar-refractivity contribution in [3.8, 4) is 0 Å². The van der Waals surface area contributed by atoms with Crippen LogP contribution in [0.4, 0.5) is 0 Å². The van der Waals surface area contributed by atoms with E-state index in [-0.39, 0.29) is 11.7 Å². The van der Waals surface area contributed by atoms with Crippen molar-refractivity contribution < 1.29 is 9.32 Å². The highest BCUT2D eigenvalue weighted by Gasteiger charge is 2.15. The summed E-state index contributed by atoms with van der Waals surface area (Å²) in [5.74, 6) is 2.64. The molecule has 0 aliphatic rings. The Morgan fingerprint density at radius 1 is 1.39 bits per heavy atom. The molecule has 0 aliphatic heterocycles. The van der Waals surface area contributed by atoms with Crippen LogP contribution >= 0.6 is 11.8 Å².